The van der Waals surface area contributed by atoms with Crippen molar-refractivity contribution < 1.29 is 4.39 Å². The monoisotopic (exact) mass is 310 g/mol. The molecule has 2 rings (SSSR count). The number of benzene rings is 1. The van der Waals surface area contributed by atoms with Crippen molar-refractivity contribution in [2.24, 2.45) is 5.92 Å². The van der Waals surface area contributed by atoms with Crippen molar-refractivity contribution in [1.29, 1.82) is 0 Å². The van der Waals surface area contributed by atoms with Crippen molar-refractivity contribution in [2.45, 2.75) is 31.6 Å². The highest BCUT2D eigenvalue weighted by Crippen LogP contribution is 2.31. The van der Waals surface area contributed by atoms with Crippen LogP contribution in [0.15, 0.2) is 24.3 Å². The predicted octanol–water partition coefficient (Wildman–Crippen LogP) is 3.55. The van der Waals surface area contributed by atoms with E-state index in [1.54, 1.807) is 12.1 Å². The summed E-state index contributed by atoms with van der Waals surface area (Å²) in [6.07, 6.45) is 0. The van der Waals surface area contributed by atoms with Crippen LogP contribution in [0, 0.1) is 11.7 Å². The molecule has 1 aliphatic heterocycles. The molecule has 0 saturated carbocycles. The Hall–Kier alpha value is -0.580. The zero-order valence-electron chi connectivity index (χ0n) is 13.5. The number of nitrogens with one attached hydrogen (secondary N) is 1. The molecule has 0 radical (unpaired) electrons. The Kier molecular flexibility index (Phi) is 5.69. The third kappa shape index (κ3) is 4.44. The minimum absolute atomic E-state index is 0.0592. The van der Waals surface area contributed by atoms with E-state index in [0.29, 0.717) is 10.7 Å². The molecule has 118 valence electrons. The molecule has 0 spiro atoms. The van der Waals surface area contributed by atoms with Gasteiger partial charge in [0.2, 0.25) is 0 Å². The highest BCUT2D eigenvalue weighted by molar-refractivity contribution is 8.00. The number of hydrogen-bond acceptors (Lipinski definition) is 3. The summed E-state index contributed by atoms with van der Waals surface area (Å²) in [4.78, 5) is 2.52. The first-order chi connectivity index (χ1) is 9.93. The maximum Gasteiger partial charge on any atom is 0.127 e. The van der Waals surface area contributed by atoms with Gasteiger partial charge in [0.05, 0.1) is 0 Å². The highest BCUT2D eigenvalue weighted by atomic mass is 32.2. The van der Waals surface area contributed by atoms with Gasteiger partial charge < -0.3 is 10.2 Å². The number of nitrogens with zero attached hydrogens (tertiary/aromatic N) is 1. The van der Waals surface area contributed by atoms with Crippen LogP contribution in [0.1, 0.15) is 32.4 Å². The van der Waals surface area contributed by atoms with Gasteiger partial charge in [0.1, 0.15) is 5.82 Å². The number of halogens is 1. The quantitative estimate of drug-likeness (QED) is 0.895. The highest BCUT2D eigenvalue weighted by Gasteiger charge is 2.29. The Morgan fingerprint density at radius 1 is 1.38 bits per heavy atom. The van der Waals surface area contributed by atoms with Crippen molar-refractivity contribution in [3.63, 3.8) is 0 Å². The smallest absolute Gasteiger partial charge is 0.127 e. The van der Waals surface area contributed by atoms with Gasteiger partial charge in [-0.05, 0) is 32.9 Å². The maximum absolute atomic E-state index is 14.0. The SMILES string of the molecule is CNC(c1ccccc1F)C(C)CN1CCSC(C)(C)C1. The molecule has 21 heavy (non-hydrogen) atoms. The molecule has 1 aromatic carbocycles. The van der Waals surface area contributed by atoms with E-state index in [2.05, 4.69) is 31.0 Å². The van der Waals surface area contributed by atoms with Crippen LogP contribution in [0.2, 0.25) is 0 Å². The van der Waals surface area contributed by atoms with Gasteiger partial charge in [-0.3, -0.25) is 0 Å². The van der Waals surface area contributed by atoms with E-state index in [1.807, 2.05) is 30.9 Å². The van der Waals surface area contributed by atoms with Crippen LogP contribution < -0.4 is 5.32 Å². The molecule has 1 fully saturated rings. The zero-order chi connectivity index (χ0) is 15.5. The van der Waals surface area contributed by atoms with Gasteiger partial charge in [-0.1, -0.05) is 25.1 Å². The molecule has 2 unspecified atom stereocenters. The van der Waals surface area contributed by atoms with E-state index in [-0.39, 0.29) is 11.9 Å². The zero-order valence-corrected chi connectivity index (χ0v) is 14.3. The molecule has 1 aliphatic rings. The van der Waals surface area contributed by atoms with Crippen molar-refractivity contribution in [1.82, 2.24) is 10.2 Å². The summed E-state index contributed by atoms with van der Waals surface area (Å²) in [5.74, 6) is 1.44. The first kappa shape index (κ1) is 16.8. The van der Waals surface area contributed by atoms with Crippen molar-refractivity contribution >= 4 is 11.8 Å². The molecule has 1 heterocycles. The fraction of sp³-hybridized carbons (Fsp3) is 0.647. The van der Waals surface area contributed by atoms with E-state index in [0.717, 1.165) is 25.2 Å². The lowest BCUT2D eigenvalue weighted by molar-refractivity contribution is 0.204. The topological polar surface area (TPSA) is 15.3 Å². The van der Waals surface area contributed by atoms with Gasteiger partial charge in [0.25, 0.3) is 0 Å². The Morgan fingerprint density at radius 3 is 2.71 bits per heavy atom. The summed E-state index contributed by atoms with van der Waals surface area (Å²) in [6, 6.07) is 7.16. The largest absolute Gasteiger partial charge is 0.313 e. The van der Waals surface area contributed by atoms with Gasteiger partial charge in [0.15, 0.2) is 0 Å². The van der Waals surface area contributed by atoms with Gasteiger partial charge in [-0.15, -0.1) is 0 Å². The fourth-order valence-corrected chi connectivity index (χ4v) is 4.43. The standard InChI is InChI=1S/C17H27FN2S/c1-13(11-20-9-10-21-17(2,3)12-20)16(19-4)14-7-5-6-8-15(14)18/h5-8,13,16,19H,9-12H2,1-4H3. The van der Waals surface area contributed by atoms with Crippen LogP contribution in [0.5, 0.6) is 0 Å². The molecule has 1 saturated heterocycles. The first-order valence-corrected chi connectivity index (χ1v) is 8.69. The van der Waals surface area contributed by atoms with E-state index in [9.17, 15) is 4.39 Å². The van der Waals surface area contributed by atoms with Crippen LogP contribution in [0.3, 0.4) is 0 Å². The van der Waals surface area contributed by atoms with Gasteiger partial charge in [0, 0.05) is 41.7 Å². The Morgan fingerprint density at radius 2 is 2.10 bits per heavy atom. The summed E-state index contributed by atoms with van der Waals surface area (Å²) >= 11 is 2.05. The number of hydrogen-bond donors (Lipinski definition) is 1. The average Bonchev–Trinajstić information content (AvgIpc) is 2.40. The van der Waals surface area contributed by atoms with Crippen molar-refractivity contribution in [3.05, 3.63) is 35.6 Å². The summed E-state index contributed by atoms with van der Waals surface area (Å²) in [7, 11) is 1.92. The van der Waals surface area contributed by atoms with Gasteiger partial charge in [-0.25, -0.2) is 4.39 Å². The second-order valence-corrected chi connectivity index (χ2v) is 8.41. The minimum Gasteiger partial charge on any atom is -0.313 e. The summed E-state index contributed by atoms with van der Waals surface area (Å²) < 4.78 is 14.4. The van der Waals surface area contributed by atoms with E-state index >= 15 is 0 Å². The lowest BCUT2D eigenvalue weighted by atomic mass is 9.93. The molecule has 0 aromatic heterocycles. The van der Waals surface area contributed by atoms with Crippen LogP contribution in [-0.4, -0.2) is 42.1 Å². The molecule has 0 aliphatic carbocycles. The molecular weight excluding hydrogens is 283 g/mol. The van der Waals surface area contributed by atoms with Crippen molar-refractivity contribution in [3.8, 4) is 0 Å². The lowest BCUT2D eigenvalue weighted by Gasteiger charge is -2.39. The summed E-state index contributed by atoms with van der Waals surface area (Å²) in [5, 5.41) is 3.30. The normalized spacial score (nSPS) is 22.0. The van der Waals surface area contributed by atoms with Crippen LogP contribution in [0.4, 0.5) is 4.39 Å². The molecular formula is C17H27FN2S. The Bertz CT molecular complexity index is 464. The third-order valence-electron chi connectivity index (χ3n) is 4.17. The average molecular weight is 310 g/mol. The molecule has 4 heteroatoms. The van der Waals surface area contributed by atoms with Crippen LogP contribution in [0.25, 0.3) is 0 Å². The number of thioether (sulfide) groups is 1. The van der Waals surface area contributed by atoms with E-state index < -0.39 is 0 Å². The number of rotatable bonds is 5. The fourth-order valence-electron chi connectivity index (χ4n) is 3.26. The summed E-state index contributed by atoms with van der Waals surface area (Å²) in [5.41, 5.74) is 0.776. The molecule has 1 N–H and O–H groups in total. The first-order valence-electron chi connectivity index (χ1n) is 7.71. The second kappa shape index (κ2) is 7.12. The minimum atomic E-state index is -0.113. The molecule has 1 aromatic rings. The van der Waals surface area contributed by atoms with Gasteiger partial charge >= 0.3 is 0 Å². The third-order valence-corrected chi connectivity index (χ3v) is 5.47. The molecule has 2 atom stereocenters. The lowest BCUT2D eigenvalue weighted by Crippen LogP contribution is -2.46. The maximum atomic E-state index is 14.0. The van der Waals surface area contributed by atoms with E-state index in [4.69, 9.17) is 0 Å². The molecule has 0 bridgehead atoms. The predicted molar refractivity (Wildman–Crippen MR) is 90.3 cm³/mol. The molecule has 2 nitrogen and oxygen atoms in total. The van der Waals surface area contributed by atoms with Crippen LogP contribution >= 0.6 is 11.8 Å². The van der Waals surface area contributed by atoms with Crippen LogP contribution in [-0.2, 0) is 0 Å². The van der Waals surface area contributed by atoms with E-state index in [1.165, 1.54) is 5.75 Å². The Labute approximate surface area is 132 Å². The van der Waals surface area contributed by atoms with Gasteiger partial charge in [-0.2, -0.15) is 11.8 Å². The van der Waals surface area contributed by atoms with Crippen molar-refractivity contribution in [2.75, 3.05) is 32.4 Å². The second-order valence-electron chi connectivity index (χ2n) is 6.61. The molecule has 0 amide bonds. The summed E-state index contributed by atoms with van der Waals surface area (Å²) in [6.45, 7) is 10.1. The Balaban J connectivity index is 2.04.